The van der Waals surface area contributed by atoms with E-state index in [1.54, 1.807) is 24.3 Å². The summed E-state index contributed by atoms with van der Waals surface area (Å²) in [6.45, 7) is 0. The summed E-state index contributed by atoms with van der Waals surface area (Å²) in [5.74, 6) is -0.842. The lowest BCUT2D eigenvalue weighted by Crippen LogP contribution is -2.12. The molecular formula is C13H7Br2ClFNO. The van der Waals surface area contributed by atoms with Gasteiger partial charge >= 0.3 is 0 Å². The van der Waals surface area contributed by atoms with Gasteiger partial charge in [0.2, 0.25) is 0 Å². The summed E-state index contributed by atoms with van der Waals surface area (Å²) in [6.07, 6.45) is 0. The van der Waals surface area contributed by atoms with E-state index in [2.05, 4.69) is 37.2 Å². The third-order valence-corrected chi connectivity index (χ3v) is 3.82. The maximum Gasteiger partial charge on any atom is 0.257 e. The number of carbonyl (C=O) groups is 1. The van der Waals surface area contributed by atoms with Crippen LogP contribution in [0.5, 0.6) is 0 Å². The van der Waals surface area contributed by atoms with Crippen molar-refractivity contribution in [1.82, 2.24) is 0 Å². The predicted octanol–water partition coefficient (Wildman–Crippen LogP) is 5.26. The summed E-state index contributed by atoms with van der Waals surface area (Å²) in [6, 6.07) is 9.30. The summed E-state index contributed by atoms with van der Waals surface area (Å²) in [4.78, 5) is 12.0. The Hall–Kier alpha value is -0.910. The first kappa shape index (κ1) is 14.5. The first-order valence-electron chi connectivity index (χ1n) is 5.19. The molecule has 0 saturated carbocycles. The average Bonchev–Trinajstić information content (AvgIpc) is 2.36. The van der Waals surface area contributed by atoms with Crippen molar-refractivity contribution in [2.45, 2.75) is 0 Å². The zero-order chi connectivity index (χ0) is 14.0. The van der Waals surface area contributed by atoms with E-state index in [0.717, 1.165) is 4.47 Å². The number of hydrogen-bond donors (Lipinski definition) is 1. The van der Waals surface area contributed by atoms with Gasteiger partial charge < -0.3 is 5.32 Å². The molecule has 0 saturated heterocycles. The van der Waals surface area contributed by atoms with Gasteiger partial charge in [-0.05, 0) is 52.3 Å². The summed E-state index contributed by atoms with van der Waals surface area (Å²) in [5.41, 5.74) is 0.682. The fourth-order valence-electron chi connectivity index (χ4n) is 1.44. The number of halogens is 4. The summed E-state index contributed by atoms with van der Waals surface area (Å²) in [5, 5.41) is 2.92. The summed E-state index contributed by atoms with van der Waals surface area (Å²) in [7, 11) is 0. The van der Waals surface area contributed by atoms with Crippen molar-refractivity contribution in [3.05, 3.63) is 61.7 Å². The largest absolute Gasteiger partial charge is 0.322 e. The summed E-state index contributed by atoms with van der Waals surface area (Å²) < 4.78 is 14.4. The SMILES string of the molecule is O=C(Nc1ccc(Br)c(F)c1)c1cc(Br)ccc1Cl. The molecule has 0 aliphatic heterocycles. The Kier molecular flexibility index (Phi) is 4.60. The normalized spacial score (nSPS) is 10.3. The van der Waals surface area contributed by atoms with Gasteiger partial charge in [0.1, 0.15) is 5.82 Å². The first-order chi connectivity index (χ1) is 8.97. The van der Waals surface area contributed by atoms with Gasteiger partial charge in [0.25, 0.3) is 5.91 Å². The number of nitrogens with one attached hydrogen (secondary N) is 1. The van der Waals surface area contributed by atoms with Crippen molar-refractivity contribution in [3.63, 3.8) is 0 Å². The Morgan fingerprint density at radius 1 is 1.16 bits per heavy atom. The molecular weight excluding hydrogens is 400 g/mol. The van der Waals surface area contributed by atoms with Crippen LogP contribution in [0.15, 0.2) is 45.3 Å². The van der Waals surface area contributed by atoms with E-state index in [9.17, 15) is 9.18 Å². The van der Waals surface area contributed by atoms with Crippen LogP contribution in [0.25, 0.3) is 0 Å². The molecule has 0 radical (unpaired) electrons. The third kappa shape index (κ3) is 3.55. The van der Waals surface area contributed by atoms with Crippen molar-refractivity contribution in [2.24, 2.45) is 0 Å². The van der Waals surface area contributed by atoms with Crippen LogP contribution in [0.4, 0.5) is 10.1 Å². The quantitative estimate of drug-likeness (QED) is 0.723. The zero-order valence-electron chi connectivity index (χ0n) is 9.38. The zero-order valence-corrected chi connectivity index (χ0v) is 13.3. The lowest BCUT2D eigenvalue weighted by molar-refractivity contribution is 0.102. The highest BCUT2D eigenvalue weighted by molar-refractivity contribution is 9.10. The van der Waals surface area contributed by atoms with Gasteiger partial charge in [-0.2, -0.15) is 0 Å². The lowest BCUT2D eigenvalue weighted by atomic mass is 10.2. The number of hydrogen-bond acceptors (Lipinski definition) is 1. The summed E-state index contributed by atoms with van der Waals surface area (Å²) >= 11 is 12.3. The Bertz CT molecular complexity index is 649. The second-order valence-electron chi connectivity index (χ2n) is 3.71. The molecule has 1 amide bonds. The van der Waals surface area contributed by atoms with E-state index in [1.807, 2.05) is 0 Å². The first-order valence-corrected chi connectivity index (χ1v) is 7.15. The minimum Gasteiger partial charge on any atom is -0.322 e. The number of anilines is 1. The van der Waals surface area contributed by atoms with Crippen LogP contribution >= 0.6 is 43.5 Å². The van der Waals surface area contributed by atoms with Crippen molar-refractivity contribution in [3.8, 4) is 0 Å². The van der Waals surface area contributed by atoms with E-state index in [-0.39, 0.29) is 0 Å². The molecule has 2 rings (SSSR count). The molecule has 0 heterocycles. The molecule has 0 spiro atoms. The van der Waals surface area contributed by atoms with Gasteiger partial charge in [0.15, 0.2) is 0 Å². The Morgan fingerprint density at radius 3 is 2.58 bits per heavy atom. The Balaban J connectivity index is 2.25. The van der Waals surface area contributed by atoms with E-state index in [4.69, 9.17) is 11.6 Å². The van der Waals surface area contributed by atoms with Crippen LogP contribution in [-0.2, 0) is 0 Å². The molecule has 2 aromatic rings. The molecule has 19 heavy (non-hydrogen) atoms. The molecule has 0 aliphatic rings. The molecule has 0 aromatic heterocycles. The second-order valence-corrected chi connectivity index (χ2v) is 5.88. The standard InChI is InChI=1S/C13H7Br2ClFNO/c14-7-1-4-11(16)9(5-7)13(19)18-8-2-3-10(15)12(17)6-8/h1-6H,(H,18,19). The topological polar surface area (TPSA) is 29.1 Å². The molecule has 2 nitrogen and oxygen atoms in total. The van der Waals surface area contributed by atoms with Crippen LogP contribution in [0.3, 0.4) is 0 Å². The average molecular weight is 407 g/mol. The predicted molar refractivity (Wildman–Crippen MR) is 81.2 cm³/mol. The van der Waals surface area contributed by atoms with Crippen molar-refractivity contribution in [2.75, 3.05) is 5.32 Å². The fraction of sp³-hybridized carbons (Fsp3) is 0. The highest BCUT2D eigenvalue weighted by Gasteiger charge is 2.12. The Morgan fingerprint density at radius 2 is 1.89 bits per heavy atom. The number of rotatable bonds is 2. The fourth-order valence-corrected chi connectivity index (χ4v) is 2.25. The van der Waals surface area contributed by atoms with Gasteiger partial charge in [-0.15, -0.1) is 0 Å². The molecule has 0 fully saturated rings. The highest BCUT2D eigenvalue weighted by Crippen LogP contribution is 2.23. The minimum atomic E-state index is -0.446. The van der Waals surface area contributed by atoms with Crippen LogP contribution in [0, 0.1) is 5.82 Å². The van der Waals surface area contributed by atoms with E-state index < -0.39 is 11.7 Å². The number of benzene rings is 2. The molecule has 0 bridgehead atoms. The van der Waals surface area contributed by atoms with E-state index in [1.165, 1.54) is 12.1 Å². The van der Waals surface area contributed by atoms with Crippen molar-refractivity contribution in [1.29, 1.82) is 0 Å². The molecule has 98 valence electrons. The molecule has 0 atom stereocenters. The molecule has 1 N–H and O–H groups in total. The molecule has 2 aromatic carbocycles. The van der Waals surface area contributed by atoms with Gasteiger partial charge in [-0.3, -0.25) is 4.79 Å². The maximum atomic E-state index is 13.3. The highest BCUT2D eigenvalue weighted by atomic mass is 79.9. The van der Waals surface area contributed by atoms with Crippen molar-refractivity contribution >= 4 is 55.1 Å². The van der Waals surface area contributed by atoms with Gasteiger partial charge in [-0.25, -0.2) is 4.39 Å². The lowest BCUT2D eigenvalue weighted by Gasteiger charge is -2.07. The molecule has 0 unspecified atom stereocenters. The van der Waals surface area contributed by atoms with Crippen LogP contribution in [0.2, 0.25) is 5.02 Å². The van der Waals surface area contributed by atoms with Gasteiger partial charge in [-0.1, -0.05) is 27.5 Å². The monoisotopic (exact) mass is 405 g/mol. The minimum absolute atomic E-state index is 0.319. The van der Waals surface area contributed by atoms with Crippen LogP contribution in [0.1, 0.15) is 10.4 Å². The van der Waals surface area contributed by atoms with Crippen LogP contribution < -0.4 is 5.32 Å². The van der Waals surface area contributed by atoms with Gasteiger partial charge in [0, 0.05) is 10.2 Å². The van der Waals surface area contributed by atoms with Crippen molar-refractivity contribution < 1.29 is 9.18 Å². The van der Waals surface area contributed by atoms with E-state index in [0.29, 0.717) is 20.7 Å². The second kappa shape index (κ2) is 6.03. The number of amides is 1. The van der Waals surface area contributed by atoms with Gasteiger partial charge in [0.05, 0.1) is 15.1 Å². The smallest absolute Gasteiger partial charge is 0.257 e. The number of carbonyl (C=O) groups excluding carboxylic acids is 1. The maximum absolute atomic E-state index is 13.3. The third-order valence-electron chi connectivity index (χ3n) is 2.35. The molecule has 0 aliphatic carbocycles. The molecule has 6 heteroatoms. The van der Waals surface area contributed by atoms with E-state index >= 15 is 0 Å². The Labute approximate surface area is 131 Å². The van der Waals surface area contributed by atoms with Crippen LogP contribution in [-0.4, -0.2) is 5.91 Å².